The molecule has 0 aliphatic heterocycles. The van der Waals surface area contributed by atoms with Gasteiger partial charge in [-0.15, -0.1) is 0 Å². The van der Waals surface area contributed by atoms with Crippen LogP contribution in [-0.4, -0.2) is 38.2 Å². The van der Waals surface area contributed by atoms with Crippen LogP contribution in [0.4, 0.5) is 0 Å². The number of rotatable bonds is 16. The average molecular weight is 635 g/mol. The third-order valence-corrected chi connectivity index (χ3v) is 6.98. The van der Waals surface area contributed by atoms with E-state index in [1.165, 1.54) is 6.08 Å². The van der Waals surface area contributed by atoms with Gasteiger partial charge in [0.25, 0.3) is 0 Å². The van der Waals surface area contributed by atoms with E-state index in [9.17, 15) is 14.4 Å². The fraction of sp³-hybridized carbons (Fsp3) is 0.205. The van der Waals surface area contributed by atoms with Crippen LogP contribution >= 0.6 is 0 Å². The fourth-order valence-corrected chi connectivity index (χ4v) is 4.35. The summed E-state index contributed by atoms with van der Waals surface area (Å²) < 4.78 is 26.9. The number of unbranched alkanes of at least 4 members (excludes halogenated alkanes) is 3. The normalized spacial score (nSPS) is 10.7. The average Bonchev–Trinajstić information content (AvgIpc) is 3.09. The number of ether oxygens (including phenoxy) is 5. The maximum atomic E-state index is 12.7. The smallest absolute Gasteiger partial charge is 0.343 e. The number of esters is 3. The SMILES string of the molecule is C=C(C)C(=O)OCCCCCCOc1ccc(C(=O)Oc2ccc(-c3ccc(OC(=O)/C=C/c4ccc(OC)cc4)cc3)cc2)cc1. The highest BCUT2D eigenvalue weighted by atomic mass is 16.5. The van der Waals surface area contributed by atoms with Gasteiger partial charge in [-0.2, -0.15) is 0 Å². The summed E-state index contributed by atoms with van der Waals surface area (Å²) in [6.45, 7) is 6.14. The van der Waals surface area contributed by atoms with Crippen LogP contribution in [0.15, 0.2) is 115 Å². The van der Waals surface area contributed by atoms with Gasteiger partial charge < -0.3 is 23.7 Å². The van der Waals surface area contributed by atoms with Crippen LogP contribution in [0.2, 0.25) is 0 Å². The van der Waals surface area contributed by atoms with Gasteiger partial charge in [0.1, 0.15) is 23.0 Å². The maximum absolute atomic E-state index is 12.7. The molecular formula is C39H38O8. The first kappa shape index (κ1) is 34.2. The van der Waals surface area contributed by atoms with Gasteiger partial charge in [-0.3, -0.25) is 0 Å². The molecule has 242 valence electrons. The highest BCUT2D eigenvalue weighted by Crippen LogP contribution is 2.25. The van der Waals surface area contributed by atoms with Crippen molar-refractivity contribution in [1.82, 2.24) is 0 Å². The van der Waals surface area contributed by atoms with E-state index in [1.807, 2.05) is 48.5 Å². The first-order valence-electron chi connectivity index (χ1n) is 15.3. The van der Waals surface area contributed by atoms with Crippen LogP contribution in [-0.2, 0) is 14.3 Å². The predicted molar refractivity (Wildman–Crippen MR) is 181 cm³/mol. The number of carbonyl (C=O) groups is 3. The van der Waals surface area contributed by atoms with Gasteiger partial charge in [-0.25, -0.2) is 14.4 Å². The molecule has 0 bridgehead atoms. The van der Waals surface area contributed by atoms with Crippen molar-refractivity contribution in [3.63, 3.8) is 0 Å². The lowest BCUT2D eigenvalue weighted by Crippen LogP contribution is -2.08. The Morgan fingerprint density at radius 2 is 1.17 bits per heavy atom. The summed E-state index contributed by atoms with van der Waals surface area (Å²) in [7, 11) is 1.60. The number of benzene rings is 4. The zero-order chi connectivity index (χ0) is 33.4. The lowest BCUT2D eigenvalue weighted by Gasteiger charge is -2.09. The van der Waals surface area contributed by atoms with Gasteiger partial charge in [0.2, 0.25) is 0 Å². The summed E-state index contributed by atoms with van der Waals surface area (Å²) in [6, 6.07) is 28.5. The Bertz CT molecular complexity index is 1650. The molecule has 8 heteroatoms. The summed E-state index contributed by atoms with van der Waals surface area (Å²) >= 11 is 0. The van der Waals surface area contributed by atoms with Gasteiger partial charge in [-0.05, 0) is 116 Å². The molecule has 0 aromatic heterocycles. The van der Waals surface area contributed by atoms with Crippen molar-refractivity contribution < 1.29 is 38.1 Å². The molecule has 0 saturated heterocycles. The molecule has 0 N–H and O–H groups in total. The van der Waals surface area contributed by atoms with E-state index in [0.29, 0.717) is 41.6 Å². The largest absolute Gasteiger partial charge is 0.497 e. The standard InChI is InChI=1S/C39H38O8/c1-28(2)38(41)45-27-7-5-4-6-26-44-34-19-15-32(16-20-34)39(42)47-36-23-13-31(14-24-36)30-11-21-35(22-12-30)46-37(40)25-10-29-8-17-33(43-3)18-9-29/h8-25H,1,4-7,26-27H2,2-3H3/b25-10+. The van der Waals surface area contributed by atoms with Gasteiger partial charge in [0, 0.05) is 11.6 Å². The summed E-state index contributed by atoms with van der Waals surface area (Å²) in [5, 5.41) is 0. The third kappa shape index (κ3) is 11.3. The number of hydrogen-bond donors (Lipinski definition) is 0. The topological polar surface area (TPSA) is 97.4 Å². The number of methoxy groups -OCH3 is 1. The lowest BCUT2D eigenvalue weighted by atomic mass is 10.1. The van der Waals surface area contributed by atoms with E-state index in [4.69, 9.17) is 23.7 Å². The van der Waals surface area contributed by atoms with Crippen molar-refractivity contribution in [3.05, 3.63) is 126 Å². The molecule has 0 radical (unpaired) electrons. The zero-order valence-corrected chi connectivity index (χ0v) is 26.6. The van der Waals surface area contributed by atoms with Crippen molar-refractivity contribution in [1.29, 1.82) is 0 Å². The van der Waals surface area contributed by atoms with E-state index in [1.54, 1.807) is 68.6 Å². The van der Waals surface area contributed by atoms with Crippen LogP contribution in [0, 0.1) is 0 Å². The molecule has 0 amide bonds. The monoisotopic (exact) mass is 634 g/mol. The van der Waals surface area contributed by atoms with E-state index in [-0.39, 0.29) is 5.97 Å². The Labute approximate surface area is 275 Å². The second kappa shape index (κ2) is 17.8. The highest BCUT2D eigenvalue weighted by molar-refractivity contribution is 5.91. The maximum Gasteiger partial charge on any atom is 0.343 e. The molecule has 47 heavy (non-hydrogen) atoms. The minimum atomic E-state index is -0.481. The number of carbonyl (C=O) groups excluding carboxylic acids is 3. The predicted octanol–water partition coefficient (Wildman–Crippen LogP) is 8.26. The molecular weight excluding hydrogens is 596 g/mol. The van der Waals surface area contributed by atoms with Gasteiger partial charge in [0.05, 0.1) is 25.9 Å². The fourth-order valence-electron chi connectivity index (χ4n) is 4.35. The second-order valence-corrected chi connectivity index (χ2v) is 10.7. The quantitative estimate of drug-likeness (QED) is 0.0526. The number of hydrogen-bond acceptors (Lipinski definition) is 8. The molecule has 0 spiro atoms. The molecule has 4 aromatic carbocycles. The molecule has 8 nitrogen and oxygen atoms in total. The first-order valence-corrected chi connectivity index (χ1v) is 15.3. The molecule has 4 aromatic rings. The second-order valence-electron chi connectivity index (χ2n) is 10.7. The molecule has 0 unspecified atom stereocenters. The Hall–Kier alpha value is -5.63. The van der Waals surface area contributed by atoms with E-state index < -0.39 is 11.9 Å². The summed E-state index contributed by atoms with van der Waals surface area (Å²) in [5.41, 5.74) is 3.50. The first-order chi connectivity index (χ1) is 22.8. The molecule has 0 aliphatic rings. The Kier molecular flexibility index (Phi) is 12.9. The van der Waals surface area contributed by atoms with Crippen molar-refractivity contribution >= 4 is 24.0 Å². The molecule has 4 rings (SSSR count). The van der Waals surface area contributed by atoms with Crippen molar-refractivity contribution in [3.8, 4) is 34.1 Å². The van der Waals surface area contributed by atoms with Gasteiger partial charge >= 0.3 is 17.9 Å². The minimum absolute atomic E-state index is 0.351. The third-order valence-electron chi connectivity index (χ3n) is 6.98. The molecule has 0 saturated carbocycles. The molecule has 0 heterocycles. The van der Waals surface area contributed by atoms with E-state index >= 15 is 0 Å². The van der Waals surface area contributed by atoms with Crippen LogP contribution in [0.3, 0.4) is 0 Å². The molecule has 0 fully saturated rings. The van der Waals surface area contributed by atoms with E-state index in [0.717, 1.165) is 48.1 Å². The van der Waals surface area contributed by atoms with Crippen molar-refractivity contribution in [2.45, 2.75) is 32.6 Å². The Morgan fingerprint density at radius 3 is 1.74 bits per heavy atom. The Morgan fingerprint density at radius 1 is 0.638 bits per heavy atom. The van der Waals surface area contributed by atoms with Crippen LogP contribution in [0.5, 0.6) is 23.0 Å². The molecule has 0 atom stereocenters. The molecule has 0 aliphatic carbocycles. The summed E-state index contributed by atoms with van der Waals surface area (Å²) in [4.78, 5) is 36.3. The summed E-state index contributed by atoms with van der Waals surface area (Å²) in [5.74, 6) is 0.961. The van der Waals surface area contributed by atoms with Gasteiger partial charge in [-0.1, -0.05) is 43.0 Å². The van der Waals surface area contributed by atoms with Crippen molar-refractivity contribution in [2.24, 2.45) is 0 Å². The highest BCUT2D eigenvalue weighted by Gasteiger charge is 2.10. The Balaban J connectivity index is 1.17. The zero-order valence-electron chi connectivity index (χ0n) is 26.6. The lowest BCUT2D eigenvalue weighted by molar-refractivity contribution is -0.139. The summed E-state index contributed by atoms with van der Waals surface area (Å²) in [6.07, 6.45) is 6.62. The van der Waals surface area contributed by atoms with Crippen LogP contribution in [0.1, 0.15) is 48.5 Å². The van der Waals surface area contributed by atoms with Crippen LogP contribution in [0.25, 0.3) is 17.2 Å². The van der Waals surface area contributed by atoms with E-state index in [2.05, 4.69) is 6.58 Å². The van der Waals surface area contributed by atoms with Crippen LogP contribution < -0.4 is 18.9 Å². The van der Waals surface area contributed by atoms with Gasteiger partial charge in [0.15, 0.2) is 0 Å². The minimum Gasteiger partial charge on any atom is -0.497 e. The van der Waals surface area contributed by atoms with Crippen molar-refractivity contribution in [2.75, 3.05) is 20.3 Å².